The minimum atomic E-state index is 0.829. The van der Waals surface area contributed by atoms with Gasteiger partial charge in [0, 0.05) is 0 Å². The normalized spacial score (nSPS) is 17.9. The van der Waals surface area contributed by atoms with Gasteiger partial charge in [-0.2, -0.15) is 0 Å². The molecule has 0 nitrogen and oxygen atoms in total. The van der Waals surface area contributed by atoms with Crippen LogP contribution in [0.4, 0.5) is 0 Å². The molecule has 3 atom stereocenters. The van der Waals surface area contributed by atoms with Crippen molar-refractivity contribution in [2.24, 2.45) is 23.7 Å². The predicted octanol–water partition coefficient (Wildman–Crippen LogP) is 5.69. The molecule has 0 N–H and O–H groups in total. The van der Waals surface area contributed by atoms with Crippen LogP contribution in [0.2, 0.25) is 0 Å². The van der Waals surface area contributed by atoms with E-state index >= 15 is 0 Å². The highest BCUT2D eigenvalue weighted by molar-refractivity contribution is 4.79. The first-order valence-corrected chi connectivity index (χ1v) is 7.14. The maximum atomic E-state index is 2.43. The van der Waals surface area contributed by atoms with Crippen LogP contribution in [-0.2, 0) is 0 Å². The highest BCUT2D eigenvalue weighted by Gasteiger charge is 2.18. The van der Waals surface area contributed by atoms with Crippen LogP contribution in [0, 0.1) is 23.7 Å². The lowest BCUT2D eigenvalue weighted by Crippen LogP contribution is -2.17. The van der Waals surface area contributed by atoms with Crippen molar-refractivity contribution in [1.82, 2.24) is 0 Å². The minimum absolute atomic E-state index is 0.829. The Kier molecular flexibility index (Phi) is 8.70. The number of allylic oxidation sites excluding steroid dienone is 2. The Balaban J connectivity index is 3.95. The molecule has 96 valence electrons. The van der Waals surface area contributed by atoms with E-state index in [-0.39, 0.29) is 0 Å². The van der Waals surface area contributed by atoms with Gasteiger partial charge in [0.15, 0.2) is 0 Å². The van der Waals surface area contributed by atoms with Crippen molar-refractivity contribution < 1.29 is 0 Å². The van der Waals surface area contributed by atoms with Gasteiger partial charge in [-0.3, -0.25) is 0 Å². The van der Waals surface area contributed by atoms with Gasteiger partial charge in [-0.1, -0.05) is 59.6 Å². The molecule has 0 aliphatic heterocycles. The molecule has 0 heterocycles. The molecule has 0 saturated carbocycles. The van der Waals surface area contributed by atoms with E-state index in [9.17, 15) is 0 Å². The topological polar surface area (TPSA) is 0 Å². The molecule has 3 unspecified atom stereocenters. The molecule has 0 aromatic heterocycles. The molecule has 0 aliphatic rings. The second-order valence-corrected chi connectivity index (χ2v) is 5.76. The molecule has 0 spiro atoms. The summed E-state index contributed by atoms with van der Waals surface area (Å²) >= 11 is 0. The first kappa shape index (κ1) is 15.7. The van der Waals surface area contributed by atoms with E-state index in [1.165, 1.54) is 25.7 Å². The molecule has 0 rings (SSSR count). The van der Waals surface area contributed by atoms with Crippen LogP contribution in [-0.4, -0.2) is 0 Å². The lowest BCUT2D eigenvalue weighted by atomic mass is 9.79. The predicted molar refractivity (Wildman–Crippen MR) is 75.6 cm³/mol. The Morgan fingerprint density at radius 2 is 1.62 bits per heavy atom. The summed E-state index contributed by atoms with van der Waals surface area (Å²) in [4.78, 5) is 0. The number of hydrogen-bond acceptors (Lipinski definition) is 0. The molecular weight excluding hydrogens is 192 g/mol. The number of rotatable bonds is 8. The second-order valence-electron chi connectivity index (χ2n) is 5.76. The molecule has 0 fully saturated rings. The average molecular weight is 224 g/mol. The van der Waals surface area contributed by atoms with Crippen molar-refractivity contribution in [3.05, 3.63) is 12.2 Å². The zero-order valence-electron chi connectivity index (χ0n) is 12.3. The van der Waals surface area contributed by atoms with Crippen molar-refractivity contribution >= 4 is 0 Å². The number of hydrogen-bond donors (Lipinski definition) is 0. The van der Waals surface area contributed by atoms with Crippen LogP contribution in [0.3, 0.4) is 0 Å². The van der Waals surface area contributed by atoms with Crippen molar-refractivity contribution in [2.75, 3.05) is 0 Å². The fourth-order valence-corrected chi connectivity index (χ4v) is 2.37. The smallest absolute Gasteiger partial charge is 0.0325 e. The van der Waals surface area contributed by atoms with Crippen LogP contribution in [0.25, 0.3) is 0 Å². The van der Waals surface area contributed by atoms with Crippen LogP contribution in [0.1, 0.15) is 67.2 Å². The summed E-state index contributed by atoms with van der Waals surface area (Å²) in [5.74, 6) is 3.48. The summed E-state index contributed by atoms with van der Waals surface area (Å²) < 4.78 is 0. The van der Waals surface area contributed by atoms with Gasteiger partial charge in [0.05, 0.1) is 0 Å². The molecule has 0 aromatic rings. The van der Waals surface area contributed by atoms with Crippen molar-refractivity contribution in [2.45, 2.75) is 67.2 Å². The third kappa shape index (κ3) is 6.35. The fraction of sp³-hybridized carbons (Fsp3) is 0.875. The van der Waals surface area contributed by atoms with Crippen molar-refractivity contribution in [3.8, 4) is 0 Å². The lowest BCUT2D eigenvalue weighted by molar-refractivity contribution is 0.240. The molecule has 16 heavy (non-hydrogen) atoms. The SMILES string of the molecule is CC=CCC(C)CCC(CC)C(C)C(C)C. The molecule has 0 heteroatoms. The molecule has 0 saturated heterocycles. The van der Waals surface area contributed by atoms with E-state index in [0.717, 1.165) is 23.7 Å². The van der Waals surface area contributed by atoms with E-state index in [1.807, 2.05) is 0 Å². The van der Waals surface area contributed by atoms with Gasteiger partial charge >= 0.3 is 0 Å². The lowest BCUT2D eigenvalue weighted by Gasteiger charge is -2.27. The Morgan fingerprint density at radius 1 is 1.00 bits per heavy atom. The van der Waals surface area contributed by atoms with Crippen molar-refractivity contribution in [3.63, 3.8) is 0 Å². The summed E-state index contributed by atoms with van der Waals surface area (Å²) in [5.41, 5.74) is 0. The second kappa shape index (κ2) is 8.84. The third-order valence-electron chi connectivity index (χ3n) is 4.12. The fourth-order valence-electron chi connectivity index (χ4n) is 2.37. The Hall–Kier alpha value is -0.260. The maximum Gasteiger partial charge on any atom is -0.0325 e. The van der Waals surface area contributed by atoms with Gasteiger partial charge < -0.3 is 0 Å². The van der Waals surface area contributed by atoms with Gasteiger partial charge in [-0.25, -0.2) is 0 Å². The van der Waals surface area contributed by atoms with Gasteiger partial charge in [0.2, 0.25) is 0 Å². The summed E-state index contributed by atoms with van der Waals surface area (Å²) in [6.45, 7) is 14.0. The molecule has 0 bridgehead atoms. The quantitative estimate of drug-likeness (QED) is 0.465. The highest BCUT2D eigenvalue weighted by Crippen LogP contribution is 2.29. The van der Waals surface area contributed by atoms with E-state index < -0.39 is 0 Å². The zero-order valence-corrected chi connectivity index (χ0v) is 12.3. The Bertz CT molecular complexity index is 178. The summed E-state index contributed by atoms with van der Waals surface area (Å²) in [6, 6.07) is 0. The van der Waals surface area contributed by atoms with Gasteiger partial charge in [0.1, 0.15) is 0 Å². The first-order valence-electron chi connectivity index (χ1n) is 7.14. The zero-order chi connectivity index (χ0) is 12.6. The van der Waals surface area contributed by atoms with E-state index in [1.54, 1.807) is 0 Å². The summed E-state index contributed by atoms with van der Waals surface area (Å²) in [7, 11) is 0. The standard InChI is InChI=1S/C16H32/c1-7-9-10-14(5)11-12-16(8-2)15(6)13(3)4/h7,9,13-16H,8,10-12H2,1-6H3. The average Bonchev–Trinajstić information content (AvgIpc) is 2.26. The first-order chi connectivity index (χ1) is 7.52. The van der Waals surface area contributed by atoms with Crippen LogP contribution in [0.5, 0.6) is 0 Å². The maximum absolute atomic E-state index is 2.43. The molecule has 0 radical (unpaired) electrons. The van der Waals surface area contributed by atoms with E-state index in [0.29, 0.717) is 0 Å². The largest absolute Gasteiger partial charge is 0.0917 e. The van der Waals surface area contributed by atoms with E-state index in [2.05, 4.69) is 53.7 Å². The molecule has 0 aromatic carbocycles. The third-order valence-corrected chi connectivity index (χ3v) is 4.12. The Labute approximate surface area is 104 Å². The highest BCUT2D eigenvalue weighted by atomic mass is 14.2. The van der Waals surface area contributed by atoms with E-state index in [4.69, 9.17) is 0 Å². The Morgan fingerprint density at radius 3 is 2.06 bits per heavy atom. The van der Waals surface area contributed by atoms with Crippen LogP contribution < -0.4 is 0 Å². The monoisotopic (exact) mass is 224 g/mol. The van der Waals surface area contributed by atoms with Gasteiger partial charge in [-0.05, 0) is 43.4 Å². The molecule has 0 amide bonds. The van der Waals surface area contributed by atoms with Crippen molar-refractivity contribution in [1.29, 1.82) is 0 Å². The van der Waals surface area contributed by atoms with Crippen LogP contribution >= 0.6 is 0 Å². The van der Waals surface area contributed by atoms with Gasteiger partial charge in [-0.15, -0.1) is 0 Å². The molecule has 0 aliphatic carbocycles. The van der Waals surface area contributed by atoms with Gasteiger partial charge in [0.25, 0.3) is 0 Å². The van der Waals surface area contributed by atoms with Crippen LogP contribution in [0.15, 0.2) is 12.2 Å². The summed E-state index contributed by atoms with van der Waals surface area (Å²) in [6.07, 6.45) is 9.87. The summed E-state index contributed by atoms with van der Waals surface area (Å²) in [5, 5.41) is 0. The molecular formula is C16H32. The minimum Gasteiger partial charge on any atom is -0.0917 e.